The highest BCUT2D eigenvalue weighted by Crippen LogP contribution is 2.20. The van der Waals surface area contributed by atoms with Crippen LogP contribution in [-0.2, 0) is 11.3 Å². The van der Waals surface area contributed by atoms with Gasteiger partial charge in [-0.15, -0.1) is 0 Å². The number of hydrogen-bond acceptors (Lipinski definition) is 2. The maximum Gasteiger partial charge on any atom is 0.320 e. The normalized spacial score (nSPS) is 21.4. The number of carboxylic acids is 1. The minimum atomic E-state index is -0.805. The van der Waals surface area contributed by atoms with Gasteiger partial charge in [0.15, 0.2) is 0 Å². The molecule has 0 aromatic heterocycles. The first-order valence-corrected chi connectivity index (χ1v) is 5.89. The van der Waals surface area contributed by atoms with Gasteiger partial charge in [0.2, 0.25) is 0 Å². The number of likely N-dealkylation sites (tertiary alicyclic amines) is 1. The summed E-state index contributed by atoms with van der Waals surface area (Å²) in [7, 11) is 0. The molecule has 1 aliphatic heterocycles. The van der Waals surface area contributed by atoms with E-state index in [1.165, 1.54) is 6.07 Å². The van der Waals surface area contributed by atoms with Gasteiger partial charge in [0.05, 0.1) is 0 Å². The molecule has 1 aromatic carbocycles. The second-order valence-corrected chi connectivity index (χ2v) is 4.41. The Kier molecular flexibility index (Phi) is 3.74. The maximum atomic E-state index is 13.5. The van der Waals surface area contributed by atoms with Crippen molar-refractivity contribution >= 4 is 5.97 Å². The molecular formula is C13H16FNO2. The van der Waals surface area contributed by atoms with Crippen LogP contribution in [0.3, 0.4) is 0 Å². The minimum Gasteiger partial charge on any atom is -0.480 e. The first kappa shape index (κ1) is 12.0. The smallest absolute Gasteiger partial charge is 0.320 e. The fourth-order valence-electron chi connectivity index (χ4n) is 2.31. The Morgan fingerprint density at radius 3 is 2.88 bits per heavy atom. The quantitative estimate of drug-likeness (QED) is 0.876. The maximum absolute atomic E-state index is 13.5. The van der Waals surface area contributed by atoms with Crippen LogP contribution < -0.4 is 0 Å². The van der Waals surface area contributed by atoms with E-state index in [1.54, 1.807) is 18.2 Å². The van der Waals surface area contributed by atoms with E-state index in [2.05, 4.69) is 0 Å². The molecular weight excluding hydrogens is 221 g/mol. The molecule has 0 aliphatic carbocycles. The highest BCUT2D eigenvalue weighted by atomic mass is 19.1. The van der Waals surface area contributed by atoms with Crippen LogP contribution in [0.15, 0.2) is 24.3 Å². The lowest BCUT2D eigenvalue weighted by atomic mass is 10.0. The molecule has 0 bridgehead atoms. The predicted octanol–water partition coefficient (Wildman–Crippen LogP) is 2.26. The van der Waals surface area contributed by atoms with E-state index in [0.29, 0.717) is 18.5 Å². The van der Waals surface area contributed by atoms with E-state index in [1.807, 2.05) is 4.90 Å². The minimum absolute atomic E-state index is 0.262. The highest BCUT2D eigenvalue weighted by molar-refractivity contribution is 5.73. The molecule has 1 fully saturated rings. The van der Waals surface area contributed by atoms with Gasteiger partial charge in [-0.3, -0.25) is 9.69 Å². The van der Waals surface area contributed by atoms with Crippen LogP contribution in [0.1, 0.15) is 24.8 Å². The number of halogens is 1. The molecule has 1 saturated heterocycles. The van der Waals surface area contributed by atoms with Crippen LogP contribution in [0.5, 0.6) is 0 Å². The fourth-order valence-corrected chi connectivity index (χ4v) is 2.31. The first-order chi connectivity index (χ1) is 8.18. The van der Waals surface area contributed by atoms with Crippen molar-refractivity contribution in [1.29, 1.82) is 0 Å². The summed E-state index contributed by atoms with van der Waals surface area (Å²) >= 11 is 0. The van der Waals surface area contributed by atoms with Gasteiger partial charge in [-0.05, 0) is 25.5 Å². The molecule has 0 amide bonds. The summed E-state index contributed by atoms with van der Waals surface area (Å²) in [6, 6.07) is 6.07. The Balaban J connectivity index is 2.11. The standard InChI is InChI=1S/C13H16FNO2/c14-11-6-2-1-5-10(11)9-15-8-4-3-7-12(15)13(16)17/h1-2,5-6,12H,3-4,7-9H2,(H,16,17)/t12-/m0/s1. The molecule has 3 nitrogen and oxygen atoms in total. The summed E-state index contributed by atoms with van der Waals surface area (Å²) in [5.41, 5.74) is 0.570. The number of aliphatic carboxylic acids is 1. The molecule has 0 saturated carbocycles. The van der Waals surface area contributed by atoms with E-state index < -0.39 is 12.0 Å². The lowest BCUT2D eigenvalue weighted by Gasteiger charge is -2.32. The van der Waals surface area contributed by atoms with Gasteiger partial charge in [-0.25, -0.2) is 4.39 Å². The highest BCUT2D eigenvalue weighted by Gasteiger charge is 2.28. The summed E-state index contributed by atoms with van der Waals surface area (Å²) in [5, 5.41) is 9.12. The average molecular weight is 237 g/mol. The number of carbonyl (C=O) groups is 1. The largest absolute Gasteiger partial charge is 0.480 e. The topological polar surface area (TPSA) is 40.5 Å². The SMILES string of the molecule is O=C(O)[C@@H]1CCCCN1Cc1ccccc1F. The van der Waals surface area contributed by atoms with Gasteiger partial charge < -0.3 is 5.11 Å². The van der Waals surface area contributed by atoms with Crippen molar-refractivity contribution in [2.45, 2.75) is 31.8 Å². The van der Waals surface area contributed by atoms with Gasteiger partial charge in [-0.1, -0.05) is 24.6 Å². The number of nitrogens with zero attached hydrogens (tertiary/aromatic N) is 1. The van der Waals surface area contributed by atoms with Gasteiger partial charge in [0.1, 0.15) is 11.9 Å². The van der Waals surface area contributed by atoms with Crippen molar-refractivity contribution in [1.82, 2.24) is 4.90 Å². The lowest BCUT2D eigenvalue weighted by Crippen LogP contribution is -2.44. The predicted molar refractivity (Wildman–Crippen MR) is 62.1 cm³/mol. The molecule has 0 radical (unpaired) electrons. The Labute approximate surface area is 99.9 Å². The third kappa shape index (κ3) is 2.82. The Morgan fingerprint density at radius 1 is 1.41 bits per heavy atom. The second kappa shape index (κ2) is 5.27. The van der Waals surface area contributed by atoms with Crippen LogP contribution in [0.25, 0.3) is 0 Å². The van der Waals surface area contributed by atoms with E-state index in [-0.39, 0.29) is 5.82 Å². The molecule has 0 unspecified atom stereocenters. The number of carboxylic acid groups (broad SMARTS) is 1. The van der Waals surface area contributed by atoms with Gasteiger partial charge in [-0.2, -0.15) is 0 Å². The average Bonchev–Trinajstić information content (AvgIpc) is 2.32. The van der Waals surface area contributed by atoms with Crippen LogP contribution in [0.2, 0.25) is 0 Å². The van der Waals surface area contributed by atoms with E-state index in [4.69, 9.17) is 5.11 Å². The molecule has 92 valence electrons. The van der Waals surface area contributed by atoms with Crippen molar-refractivity contribution in [3.05, 3.63) is 35.6 Å². The van der Waals surface area contributed by atoms with E-state index >= 15 is 0 Å². The van der Waals surface area contributed by atoms with Crippen LogP contribution in [0, 0.1) is 5.82 Å². The molecule has 1 aromatic rings. The van der Waals surface area contributed by atoms with Crippen molar-refractivity contribution < 1.29 is 14.3 Å². The van der Waals surface area contributed by atoms with Crippen LogP contribution in [-0.4, -0.2) is 28.6 Å². The third-order valence-electron chi connectivity index (χ3n) is 3.23. The summed E-state index contributed by atoms with van der Waals surface area (Å²) in [5.74, 6) is -1.07. The Morgan fingerprint density at radius 2 is 2.18 bits per heavy atom. The molecule has 4 heteroatoms. The molecule has 1 aliphatic rings. The van der Waals surface area contributed by atoms with Crippen molar-refractivity contribution in [3.63, 3.8) is 0 Å². The third-order valence-corrected chi connectivity index (χ3v) is 3.23. The zero-order valence-corrected chi connectivity index (χ0v) is 9.60. The Hall–Kier alpha value is -1.42. The number of benzene rings is 1. The fraction of sp³-hybridized carbons (Fsp3) is 0.462. The summed E-state index contributed by atoms with van der Waals surface area (Å²) < 4.78 is 13.5. The molecule has 2 rings (SSSR count). The van der Waals surface area contributed by atoms with Gasteiger partial charge in [0, 0.05) is 12.1 Å². The lowest BCUT2D eigenvalue weighted by molar-refractivity contribution is -0.144. The summed E-state index contributed by atoms with van der Waals surface area (Å²) in [6.45, 7) is 1.11. The van der Waals surface area contributed by atoms with Crippen molar-refractivity contribution in [3.8, 4) is 0 Å². The Bertz CT molecular complexity index is 408. The van der Waals surface area contributed by atoms with E-state index in [9.17, 15) is 9.18 Å². The van der Waals surface area contributed by atoms with Gasteiger partial charge >= 0.3 is 5.97 Å². The van der Waals surface area contributed by atoms with Gasteiger partial charge in [0.25, 0.3) is 0 Å². The number of piperidine rings is 1. The van der Waals surface area contributed by atoms with Crippen LogP contribution in [0.4, 0.5) is 4.39 Å². The zero-order valence-electron chi connectivity index (χ0n) is 9.60. The molecule has 1 N–H and O–H groups in total. The number of rotatable bonds is 3. The van der Waals surface area contributed by atoms with Crippen molar-refractivity contribution in [2.24, 2.45) is 0 Å². The molecule has 0 spiro atoms. The summed E-state index contributed by atoms with van der Waals surface area (Å²) in [4.78, 5) is 13.0. The molecule has 17 heavy (non-hydrogen) atoms. The van der Waals surface area contributed by atoms with E-state index in [0.717, 1.165) is 19.4 Å². The van der Waals surface area contributed by atoms with Crippen LogP contribution >= 0.6 is 0 Å². The monoisotopic (exact) mass is 237 g/mol. The second-order valence-electron chi connectivity index (χ2n) is 4.41. The zero-order chi connectivity index (χ0) is 12.3. The number of hydrogen-bond donors (Lipinski definition) is 1. The summed E-state index contributed by atoms with van der Waals surface area (Å²) in [6.07, 6.45) is 2.58. The molecule has 1 atom stereocenters. The molecule has 1 heterocycles. The first-order valence-electron chi connectivity index (χ1n) is 5.89. The van der Waals surface area contributed by atoms with Crippen molar-refractivity contribution in [2.75, 3.05) is 6.54 Å².